The maximum atomic E-state index is 12.6. The van der Waals surface area contributed by atoms with E-state index in [1.165, 1.54) is 16.8 Å². The molecule has 2 aliphatic rings. The zero-order chi connectivity index (χ0) is 20.4. The van der Waals surface area contributed by atoms with E-state index in [4.69, 9.17) is 5.41 Å². The van der Waals surface area contributed by atoms with Crippen molar-refractivity contribution in [3.63, 3.8) is 0 Å². The number of hydrazone groups is 1. The first kappa shape index (κ1) is 19.1. The smallest absolute Gasteiger partial charge is 0.283 e. The number of carbonyl (C=O) groups excluding carboxylic acids is 1. The molecule has 0 fully saturated rings. The number of hydrogen-bond donors (Lipinski definition) is 1. The molecule has 7 nitrogen and oxygen atoms in total. The van der Waals surface area contributed by atoms with Gasteiger partial charge < -0.3 is 4.90 Å². The quantitative estimate of drug-likeness (QED) is 0.770. The summed E-state index contributed by atoms with van der Waals surface area (Å²) in [6, 6.07) is 11.6. The second-order valence-electron chi connectivity index (χ2n) is 6.43. The lowest BCUT2D eigenvalue weighted by Gasteiger charge is -2.21. The fraction of sp³-hybridized carbons (Fsp3) is 0.190. The predicted molar refractivity (Wildman–Crippen MR) is 118 cm³/mol. The summed E-state index contributed by atoms with van der Waals surface area (Å²) < 4.78 is 0. The van der Waals surface area contributed by atoms with Gasteiger partial charge in [-0.1, -0.05) is 12.1 Å². The van der Waals surface area contributed by atoms with Crippen LogP contribution < -0.4 is 4.90 Å². The van der Waals surface area contributed by atoms with Gasteiger partial charge in [-0.15, -0.1) is 0 Å². The molecule has 3 heterocycles. The van der Waals surface area contributed by atoms with Gasteiger partial charge in [0, 0.05) is 36.7 Å². The molecule has 1 aromatic heterocycles. The highest BCUT2D eigenvalue weighted by Gasteiger charge is 2.36. The van der Waals surface area contributed by atoms with Crippen molar-refractivity contribution in [2.24, 2.45) is 10.1 Å². The molecular formula is C21H20N6OS. The summed E-state index contributed by atoms with van der Waals surface area (Å²) in [5.74, 6) is -0.400. The van der Waals surface area contributed by atoms with Gasteiger partial charge in [-0.25, -0.2) is 0 Å². The number of amidine groups is 2. The molecule has 0 spiro atoms. The third-order valence-electron chi connectivity index (χ3n) is 4.70. The summed E-state index contributed by atoms with van der Waals surface area (Å²) in [5, 5.41) is 15.4. The minimum atomic E-state index is -0.427. The van der Waals surface area contributed by atoms with Crippen molar-refractivity contribution < 1.29 is 4.79 Å². The SMILES string of the molecule is CCN(CC)c1ccc(/C=C2/C(=N)N3N=C(c4cccnc4)SC3=NC2=O)cc1. The molecule has 146 valence electrons. The molecule has 1 amide bonds. The first-order chi connectivity index (χ1) is 14.1. The van der Waals surface area contributed by atoms with E-state index in [2.05, 4.69) is 33.8 Å². The second kappa shape index (κ2) is 8.00. The minimum Gasteiger partial charge on any atom is -0.372 e. The highest BCUT2D eigenvalue weighted by atomic mass is 32.2. The van der Waals surface area contributed by atoms with E-state index < -0.39 is 5.91 Å². The molecule has 0 bridgehead atoms. The lowest BCUT2D eigenvalue weighted by molar-refractivity contribution is -0.114. The monoisotopic (exact) mass is 404 g/mol. The molecule has 1 N–H and O–H groups in total. The van der Waals surface area contributed by atoms with Gasteiger partial charge in [-0.3, -0.25) is 15.2 Å². The number of carbonyl (C=O) groups is 1. The molecule has 4 rings (SSSR count). The summed E-state index contributed by atoms with van der Waals surface area (Å²) in [6.45, 7) is 6.10. The van der Waals surface area contributed by atoms with E-state index in [0.717, 1.165) is 29.9 Å². The Labute approximate surface area is 173 Å². The molecule has 0 radical (unpaired) electrons. The number of aliphatic imine (C=N–C) groups is 1. The third kappa shape index (κ3) is 3.71. The maximum Gasteiger partial charge on any atom is 0.283 e. The number of fused-ring (bicyclic) bond motifs is 1. The Morgan fingerprint density at radius 1 is 1.17 bits per heavy atom. The van der Waals surface area contributed by atoms with Crippen LogP contribution in [0.2, 0.25) is 0 Å². The van der Waals surface area contributed by atoms with Crippen molar-refractivity contribution in [3.8, 4) is 0 Å². The Kier molecular flexibility index (Phi) is 5.26. The van der Waals surface area contributed by atoms with Gasteiger partial charge in [0.1, 0.15) is 5.04 Å². The number of nitrogens with one attached hydrogen (secondary N) is 1. The van der Waals surface area contributed by atoms with Gasteiger partial charge >= 0.3 is 0 Å². The van der Waals surface area contributed by atoms with Gasteiger partial charge in [0.15, 0.2) is 5.84 Å². The van der Waals surface area contributed by atoms with Crippen LogP contribution in [0.4, 0.5) is 5.69 Å². The standard InChI is InChI=1S/C21H20N6OS/c1-3-26(4-2)16-9-7-14(8-10-16)12-17-18(22)27-21(24-19(17)28)29-20(25-27)15-6-5-11-23-13-15/h5-13,22H,3-4H2,1-2H3/b17-12-,22-18?. The Bertz CT molecular complexity index is 1040. The van der Waals surface area contributed by atoms with Crippen LogP contribution in [-0.4, -0.2) is 45.0 Å². The Morgan fingerprint density at radius 3 is 2.59 bits per heavy atom. The van der Waals surface area contributed by atoms with Crippen LogP contribution >= 0.6 is 11.8 Å². The van der Waals surface area contributed by atoms with Crippen molar-refractivity contribution in [3.05, 3.63) is 65.5 Å². The fourth-order valence-electron chi connectivity index (χ4n) is 3.13. The Balaban J connectivity index is 1.61. The summed E-state index contributed by atoms with van der Waals surface area (Å²) in [5.41, 5.74) is 3.02. The van der Waals surface area contributed by atoms with Gasteiger partial charge in [0.2, 0.25) is 5.17 Å². The van der Waals surface area contributed by atoms with E-state index in [1.807, 2.05) is 36.4 Å². The number of amides is 1. The summed E-state index contributed by atoms with van der Waals surface area (Å²) >= 11 is 1.27. The predicted octanol–water partition coefficient (Wildman–Crippen LogP) is 3.60. The average molecular weight is 404 g/mol. The molecule has 1 aromatic carbocycles. The van der Waals surface area contributed by atoms with Crippen LogP contribution in [0.5, 0.6) is 0 Å². The number of anilines is 1. The topological polar surface area (TPSA) is 85.0 Å². The molecule has 0 aliphatic carbocycles. The molecule has 0 saturated carbocycles. The van der Waals surface area contributed by atoms with Crippen LogP contribution in [0.25, 0.3) is 6.08 Å². The molecule has 0 atom stereocenters. The lowest BCUT2D eigenvalue weighted by Crippen LogP contribution is -2.35. The van der Waals surface area contributed by atoms with Crippen molar-refractivity contribution in [1.82, 2.24) is 9.99 Å². The Morgan fingerprint density at radius 2 is 1.93 bits per heavy atom. The van der Waals surface area contributed by atoms with E-state index in [0.29, 0.717) is 10.2 Å². The number of benzene rings is 1. The lowest BCUT2D eigenvalue weighted by atomic mass is 10.1. The zero-order valence-corrected chi connectivity index (χ0v) is 17.0. The van der Waals surface area contributed by atoms with Gasteiger partial charge in [-0.2, -0.15) is 15.1 Å². The van der Waals surface area contributed by atoms with Crippen LogP contribution in [0.3, 0.4) is 0 Å². The minimum absolute atomic E-state index is 0.0270. The van der Waals surface area contributed by atoms with E-state index in [-0.39, 0.29) is 11.4 Å². The van der Waals surface area contributed by atoms with Crippen molar-refractivity contribution >= 4 is 45.5 Å². The second-order valence-corrected chi connectivity index (χ2v) is 7.39. The van der Waals surface area contributed by atoms with E-state index >= 15 is 0 Å². The molecular weight excluding hydrogens is 384 g/mol. The number of hydrogen-bond acceptors (Lipinski definition) is 6. The number of rotatable bonds is 5. The fourth-order valence-corrected chi connectivity index (χ4v) is 4.02. The summed E-state index contributed by atoms with van der Waals surface area (Å²) in [7, 11) is 0. The van der Waals surface area contributed by atoms with Crippen LogP contribution in [0, 0.1) is 5.41 Å². The van der Waals surface area contributed by atoms with E-state index in [9.17, 15) is 4.79 Å². The average Bonchev–Trinajstić information content (AvgIpc) is 3.18. The van der Waals surface area contributed by atoms with Crippen molar-refractivity contribution in [2.75, 3.05) is 18.0 Å². The highest BCUT2D eigenvalue weighted by Crippen LogP contribution is 2.30. The zero-order valence-electron chi connectivity index (χ0n) is 16.2. The van der Waals surface area contributed by atoms with Crippen LogP contribution in [0.1, 0.15) is 25.0 Å². The van der Waals surface area contributed by atoms with E-state index in [1.54, 1.807) is 18.5 Å². The third-order valence-corrected chi connectivity index (χ3v) is 5.65. The van der Waals surface area contributed by atoms with Crippen LogP contribution in [-0.2, 0) is 4.79 Å². The number of aromatic nitrogens is 1. The molecule has 0 unspecified atom stereocenters. The largest absolute Gasteiger partial charge is 0.372 e. The van der Waals surface area contributed by atoms with Gasteiger partial charge in [0.25, 0.3) is 5.91 Å². The molecule has 2 aliphatic heterocycles. The molecule has 0 saturated heterocycles. The molecule has 29 heavy (non-hydrogen) atoms. The Hall–Kier alpha value is -3.26. The van der Waals surface area contributed by atoms with Gasteiger partial charge in [-0.05, 0) is 61.5 Å². The molecule has 2 aromatic rings. The maximum absolute atomic E-state index is 12.6. The van der Waals surface area contributed by atoms with Gasteiger partial charge in [0.05, 0.1) is 5.57 Å². The van der Waals surface area contributed by atoms with Crippen LogP contribution in [0.15, 0.2) is 64.5 Å². The summed E-state index contributed by atoms with van der Waals surface area (Å²) in [4.78, 5) is 23.0. The van der Waals surface area contributed by atoms with Crippen molar-refractivity contribution in [1.29, 1.82) is 5.41 Å². The first-order valence-corrected chi connectivity index (χ1v) is 10.2. The normalized spacial score (nSPS) is 17.3. The number of thioether (sulfide) groups is 1. The first-order valence-electron chi connectivity index (χ1n) is 9.36. The van der Waals surface area contributed by atoms with Crippen molar-refractivity contribution in [2.45, 2.75) is 13.8 Å². The number of pyridine rings is 1. The highest BCUT2D eigenvalue weighted by molar-refractivity contribution is 8.27. The molecule has 8 heteroatoms. The number of nitrogens with zero attached hydrogens (tertiary/aromatic N) is 5. The summed E-state index contributed by atoms with van der Waals surface area (Å²) in [6.07, 6.45) is 5.08.